The molecule has 0 unspecified atom stereocenters. The number of rotatable bonds is 9. The molecule has 1 saturated heterocycles. The van der Waals surface area contributed by atoms with Gasteiger partial charge in [-0.25, -0.2) is 13.4 Å². The molecule has 0 aromatic heterocycles. The number of benzene rings is 3. The van der Waals surface area contributed by atoms with Crippen LogP contribution in [0.2, 0.25) is 0 Å². The van der Waals surface area contributed by atoms with Crippen molar-refractivity contribution in [1.82, 2.24) is 4.90 Å². The minimum atomic E-state index is -3.71. The van der Waals surface area contributed by atoms with Crippen LogP contribution in [0.25, 0.3) is 0 Å². The molecule has 3 aromatic carbocycles. The van der Waals surface area contributed by atoms with Gasteiger partial charge in [-0.15, -0.1) is 0 Å². The van der Waals surface area contributed by atoms with Gasteiger partial charge in [0.1, 0.15) is 15.7 Å². The minimum absolute atomic E-state index is 0.0506. The molecule has 0 aliphatic carbocycles. The van der Waals surface area contributed by atoms with Gasteiger partial charge in [-0.05, 0) is 80.6 Å². The second-order valence-corrected chi connectivity index (χ2v) is 13.3. The van der Waals surface area contributed by atoms with Gasteiger partial charge in [0.25, 0.3) is 15.9 Å². The van der Waals surface area contributed by atoms with E-state index in [2.05, 4.69) is 23.5 Å². The molecular formula is C30H32N4O4S3. The lowest BCUT2D eigenvalue weighted by Gasteiger charge is -2.19. The van der Waals surface area contributed by atoms with Crippen molar-refractivity contribution < 1.29 is 17.9 Å². The van der Waals surface area contributed by atoms with E-state index in [4.69, 9.17) is 9.73 Å². The maximum atomic E-state index is 13.7. The molecule has 2 aliphatic heterocycles. The van der Waals surface area contributed by atoms with Crippen LogP contribution in [-0.4, -0.2) is 44.6 Å². The smallest absolute Gasteiger partial charge is 0.269 e. The van der Waals surface area contributed by atoms with E-state index in [1.807, 2.05) is 25.1 Å². The highest BCUT2D eigenvalue weighted by atomic mass is 32.2. The number of hydrogen-bond donors (Lipinski definition) is 1. The predicted molar refractivity (Wildman–Crippen MR) is 169 cm³/mol. The summed E-state index contributed by atoms with van der Waals surface area (Å²) in [6.07, 6.45) is 1.81. The molecule has 11 heteroatoms. The van der Waals surface area contributed by atoms with E-state index in [-0.39, 0.29) is 10.8 Å². The van der Waals surface area contributed by atoms with Crippen molar-refractivity contribution in [3.63, 3.8) is 0 Å². The van der Waals surface area contributed by atoms with Gasteiger partial charge in [0, 0.05) is 29.7 Å². The number of ether oxygens (including phenoxy) is 1. The Balaban J connectivity index is 1.41. The van der Waals surface area contributed by atoms with E-state index in [1.165, 1.54) is 11.8 Å². The first kappa shape index (κ1) is 29.1. The number of aryl methyl sites for hydroxylation is 1. The number of nitrogens with zero attached hydrogens (tertiary/aromatic N) is 3. The quantitative estimate of drug-likeness (QED) is 0.262. The predicted octanol–water partition coefficient (Wildman–Crippen LogP) is 6.97. The number of thioether (sulfide) groups is 2. The molecule has 0 bridgehead atoms. The van der Waals surface area contributed by atoms with Crippen LogP contribution in [0.4, 0.5) is 17.1 Å². The SMILES string of the molecule is CCCCN1C(=O)C(=C2Sc3ccc(OC)cc3N2CC)SC1=Nc1ccc(NS(=O)(=O)c2ccc(C)cc2)cc1. The highest BCUT2D eigenvalue weighted by molar-refractivity contribution is 8.19. The fraction of sp³-hybridized carbons (Fsp3) is 0.267. The maximum Gasteiger partial charge on any atom is 0.269 e. The van der Waals surface area contributed by atoms with Crippen molar-refractivity contribution in [3.05, 3.63) is 82.2 Å². The molecule has 2 heterocycles. The lowest BCUT2D eigenvalue weighted by atomic mass is 10.2. The van der Waals surface area contributed by atoms with Gasteiger partial charge < -0.3 is 9.64 Å². The summed E-state index contributed by atoms with van der Waals surface area (Å²) in [6, 6.07) is 19.5. The van der Waals surface area contributed by atoms with Gasteiger partial charge in [0.15, 0.2) is 5.17 Å². The number of amides is 1. The first-order valence-electron chi connectivity index (χ1n) is 13.4. The number of nitrogens with one attached hydrogen (secondary N) is 1. The standard InChI is InChI=1S/C30H32N4O4S3/c1-5-7-18-34-28(35)27(29-33(6-2)25-19-23(38-4)14-17-26(25)39-29)40-30(34)31-21-10-12-22(13-11-21)32-41(36,37)24-15-8-20(3)9-16-24/h8-17,19,32H,5-7,18H2,1-4H3. The summed E-state index contributed by atoms with van der Waals surface area (Å²) in [4.78, 5) is 24.4. The number of sulfonamides is 1. The maximum absolute atomic E-state index is 13.7. The van der Waals surface area contributed by atoms with E-state index < -0.39 is 10.0 Å². The first-order chi connectivity index (χ1) is 19.7. The molecule has 0 spiro atoms. The summed E-state index contributed by atoms with van der Waals surface area (Å²) in [5.74, 6) is 0.723. The molecule has 3 aromatic rings. The van der Waals surface area contributed by atoms with Crippen LogP contribution in [0.3, 0.4) is 0 Å². The van der Waals surface area contributed by atoms with Crippen LogP contribution in [0.15, 0.2) is 91.4 Å². The summed E-state index contributed by atoms with van der Waals surface area (Å²) in [5, 5.41) is 1.52. The summed E-state index contributed by atoms with van der Waals surface area (Å²) in [6.45, 7) is 7.35. The zero-order valence-electron chi connectivity index (χ0n) is 23.4. The highest BCUT2D eigenvalue weighted by Gasteiger charge is 2.39. The summed E-state index contributed by atoms with van der Waals surface area (Å²) in [5.41, 5.74) is 3.08. The van der Waals surface area contributed by atoms with E-state index in [0.29, 0.717) is 34.5 Å². The second-order valence-electron chi connectivity index (χ2n) is 9.59. The topological polar surface area (TPSA) is 91.3 Å². The number of carbonyl (C=O) groups is 1. The fourth-order valence-corrected chi connectivity index (χ4v) is 7.91. The number of hydrogen-bond acceptors (Lipinski definition) is 8. The molecule has 0 radical (unpaired) electrons. The molecule has 5 rings (SSSR count). The second kappa shape index (κ2) is 12.2. The van der Waals surface area contributed by atoms with Crippen LogP contribution < -0.4 is 14.4 Å². The van der Waals surface area contributed by atoms with Gasteiger partial charge >= 0.3 is 0 Å². The van der Waals surface area contributed by atoms with E-state index in [9.17, 15) is 13.2 Å². The third-order valence-electron chi connectivity index (χ3n) is 6.69. The Morgan fingerprint density at radius 2 is 1.68 bits per heavy atom. The summed E-state index contributed by atoms with van der Waals surface area (Å²) < 4.78 is 33.6. The Bertz CT molecular complexity index is 1620. The molecule has 1 N–H and O–H groups in total. The molecule has 0 atom stereocenters. The number of fused-ring (bicyclic) bond motifs is 1. The zero-order valence-corrected chi connectivity index (χ0v) is 25.8. The molecular weight excluding hydrogens is 577 g/mol. The number of methoxy groups -OCH3 is 1. The van der Waals surface area contributed by atoms with Crippen LogP contribution in [0, 0.1) is 6.92 Å². The Kier molecular flexibility index (Phi) is 8.67. The summed E-state index contributed by atoms with van der Waals surface area (Å²) >= 11 is 2.97. The fourth-order valence-electron chi connectivity index (χ4n) is 4.45. The highest BCUT2D eigenvalue weighted by Crippen LogP contribution is 2.51. The third-order valence-corrected chi connectivity index (χ3v) is 10.5. The lowest BCUT2D eigenvalue weighted by Crippen LogP contribution is -2.30. The van der Waals surface area contributed by atoms with Crippen molar-refractivity contribution in [2.45, 2.75) is 43.4 Å². The monoisotopic (exact) mass is 608 g/mol. The van der Waals surface area contributed by atoms with Gasteiger partial charge in [-0.1, -0.05) is 42.8 Å². The van der Waals surface area contributed by atoms with E-state index in [1.54, 1.807) is 72.3 Å². The number of anilines is 2. The molecule has 214 valence electrons. The lowest BCUT2D eigenvalue weighted by molar-refractivity contribution is -0.122. The van der Waals surface area contributed by atoms with Crippen molar-refractivity contribution in [2.75, 3.05) is 29.8 Å². The van der Waals surface area contributed by atoms with Gasteiger partial charge in [0.05, 0.1) is 23.4 Å². The molecule has 41 heavy (non-hydrogen) atoms. The third kappa shape index (κ3) is 6.12. The number of unbranched alkanes of at least 4 members (excludes halogenated alkanes) is 1. The molecule has 2 aliphatic rings. The van der Waals surface area contributed by atoms with Crippen molar-refractivity contribution in [2.24, 2.45) is 4.99 Å². The van der Waals surface area contributed by atoms with Gasteiger partial charge in [-0.2, -0.15) is 0 Å². The zero-order chi connectivity index (χ0) is 29.1. The Morgan fingerprint density at radius 3 is 2.34 bits per heavy atom. The molecule has 8 nitrogen and oxygen atoms in total. The Hall–Kier alpha value is -3.41. The minimum Gasteiger partial charge on any atom is -0.497 e. The Morgan fingerprint density at radius 1 is 0.951 bits per heavy atom. The van der Waals surface area contributed by atoms with Gasteiger partial charge in [-0.3, -0.25) is 14.4 Å². The number of carbonyl (C=O) groups excluding carboxylic acids is 1. The van der Waals surface area contributed by atoms with E-state index >= 15 is 0 Å². The van der Waals surface area contributed by atoms with E-state index in [0.717, 1.165) is 39.8 Å². The normalized spacial score (nSPS) is 17.9. The van der Waals surface area contributed by atoms with Crippen molar-refractivity contribution >= 4 is 61.7 Å². The Labute approximate surface area is 249 Å². The number of amidine groups is 1. The molecule has 1 fully saturated rings. The van der Waals surface area contributed by atoms with Gasteiger partial charge in [0.2, 0.25) is 0 Å². The van der Waals surface area contributed by atoms with Crippen molar-refractivity contribution in [1.29, 1.82) is 0 Å². The van der Waals surface area contributed by atoms with Crippen LogP contribution >= 0.6 is 23.5 Å². The van der Waals surface area contributed by atoms with Crippen LogP contribution in [0.5, 0.6) is 5.75 Å². The largest absolute Gasteiger partial charge is 0.497 e. The average molecular weight is 609 g/mol. The van der Waals surface area contributed by atoms with Crippen LogP contribution in [0.1, 0.15) is 32.3 Å². The molecule has 0 saturated carbocycles. The number of aliphatic imine (C=N–C) groups is 1. The van der Waals surface area contributed by atoms with Crippen LogP contribution in [-0.2, 0) is 14.8 Å². The van der Waals surface area contributed by atoms with Crippen molar-refractivity contribution in [3.8, 4) is 5.75 Å². The average Bonchev–Trinajstić information content (AvgIpc) is 3.48. The molecule has 1 amide bonds. The summed E-state index contributed by atoms with van der Waals surface area (Å²) in [7, 11) is -2.06. The first-order valence-corrected chi connectivity index (χ1v) is 16.5.